The Morgan fingerprint density at radius 2 is 2.24 bits per heavy atom. The number of hydrogen-bond donors (Lipinski definition) is 1. The Kier molecular flexibility index (Phi) is 6.24. The summed E-state index contributed by atoms with van der Waals surface area (Å²) in [4.78, 5) is 22.2. The number of nitrogens with zero attached hydrogens (tertiary/aromatic N) is 2. The van der Waals surface area contributed by atoms with E-state index in [-0.39, 0.29) is 5.91 Å². The molecule has 0 radical (unpaired) electrons. The third-order valence-electron chi connectivity index (χ3n) is 4.82. The molecule has 1 aliphatic rings. The largest absolute Gasteiger partial charge is 0.456 e. The van der Waals surface area contributed by atoms with Crippen molar-refractivity contribution in [2.45, 2.75) is 51.2 Å². The highest BCUT2D eigenvalue weighted by Crippen LogP contribution is 2.27. The molecule has 2 aromatic heterocycles. The van der Waals surface area contributed by atoms with Gasteiger partial charge in [-0.15, -0.1) is 0 Å². The van der Waals surface area contributed by atoms with Gasteiger partial charge in [0.05, 0.1) is 0 Å². The number of nitrogens with one attached hydrogen (secondary N) is 1. The van der Waals surface area contributed by atoms with Crippen molar-refractivity contribution in [2.24, 2.45) is 0 Å². The van der Waals surface area contributed by atoms with E-state index in [1.165, 1.54) is 12.8 Å². The lowest BCUT2D eigenvalue weighted by Gasteiger charge is -2.30. The van der Waals surface area contributed by atoms with E-state index in [1.54, 1.807) is 6.20 Å². The smallest absolute Gasteiger partial charge is 0.289 e. The highest BCUT2D eigenvalue weighted by molar-refractivity contribution is 7.98. The lowest BCUT2D eigenvalue weighted by molar-refractivity contribution is 0.0677. The number of aromatic nitrogens is 2. The number of rotatable bonds is 7. The fourth-order valence-corrected chi connectivity index (χ4v) is 4.35. The van der Waals surface area contributed by atoms with Crippen molar-refractivity contribution in [3.05, 3.63) is 41.4 Å². The summed E-state index contributed by atoms with van der Waals surface area (Å²) in [5.41, 5.74) is 1.15. The average molecular weight is 362 g/mol. The molecule has 1 saturated heterocycles. The Balaban J connectivity index is 1.55. The van der Waals surface area contributed by atoms with Crippen LogP contribution in [0.5, 0.6) is 0 Å². The Bertz CT molecular complexity index is 673. The van der Waals surface area contributed by atoms with E-state index < -0.39 is 0 Å². The van der Waals surface area contributed by atoms with Crippen molar-refractivity contribution in [2.75, 3.05) is 18.8 Å². The summed E-state index contributed by atoms with van der Waals surface area (Å²) in [5.74, 6) is 4.91. The van der Waals surface area contributed by atoms with E-state index in [0.29, 0.717) is 11.7 Å². The quantitative estimate of drug-likeness (QED) is 0.744. The minimum absolute atomic E-state index is 0.0193. The maximum Gasteiger partial charge on any atom is 0.289 e. The molecule has 1 amide bonds. The first kappa shape index (κ1) is 18.1. The third kappa shape index (κ3) is 4.48. The number of likely N-dealkylation sites (tertiary alicyclic amines) is 1. The number of imidazole rings is 1. The summed E-state index contributed by atoms with van der Waals surface area (Å²) < 4.78 is 5.76. The predicted octanol–water partition coefficient (Wildman–Crippen LogP) is 4.36. The number of amides is 1. The van der Waals surface area contributed by atoms with E-state index >= 15 is 0 Å². The van der Waals surface area contributed by atoms with Gasteiger partial charge in [-0.05, 0) is 38.0 Å². The normalized spacial score (nSPS) is 15.7. The van der Waals surface area contributed by atoms with Crippen LogP contribution >= 0.6 is 11.8 Å². The first-order chi connectivity index (χ1) is 12.2. The summed E-state index contributed by atoms with van der Waals surface area (Å²) >= 11 is 1.91. The molecule has 1 N–H and O–H groups in total. The predicted molar refractivity (Wildman–Crippen MR) is 101 cm³/mol. The van der Waals surface area contributed by atoms with Crippen LogP contribution in [-0.4, -0.2) is 39.6 Å². The Labute approximate surface area is 153 Å². The van der Waals surface area contributed by atoms with Crippen molar-refractivity contribution in [1.82, 2.24) is 14.9 Å². The molecule has 5 nitrogen and oxygen atoms in total. The molecule has 25 heavy (non-hydrogen) atoms. The van der Waals surface area contributed by atoms with Gasteiger partial charge in [0.1, 0.15) is 11.6 Å². The Morgan fingerprint density at radius 1 is 1.44 bits per heavy atom. The van der Waals surface area contributed by atoms with Crippen LogP contribution in [0.15, 0.2) is 22.9 Å². The van der Waals surface area contributed by atoms with Crippen LogP contribution in [0.1, 0.15) is 66.2 Å². The van der Waals surface area contributed by atoms with Crippen molar-refractivity contribution >= 4 is 17.7 Å². The number of thioether (sulfide) groups is 1. The lowest BCUT2D eigenvalue weighted by atomic mass is 9.96. The number of unbranched alkanes of at least 4 members (excludes halogenated alkanes) is 1. The SMILES string of the molecule is CCCCSCc1cc(C(=O)N2CCC(c3ncc[nH]3)CC2)oc1C. The number of carbonyl (C=O) groups is 1. The number of hydrogen-bond acceptors (Lipinski definition) is 4. The second-order valence-electron chi connectivity index (χ2n) is 6.64. The third-order valence-corrected chi connectivity index (χ3v) is 5.91. The van der Waals surface area contributed by atoms with Crippen molar-refractivity contribution in [3.8, 4) is 0 Å². The average Bonchev–Trinajstić information content (AvgIpc) is 3.29. The van der Waals surface area contributed by atoms with Gasteiger partial charge in [0, 0.05) is 42.7 Å². The summed E-state index contributed by atoms with van der Waals surface area (Å²) in [6.45, 7) is 5.67. The fourth-order valence-electron chi connectivity index (χ4n) is 3.21. The lowest BCUT2D eigenvalue weighted by Crippen LogP contribution is -2.37. The number of aryl methyl sites for hydroxylation is 1. The summed E-state index contributed by atoms with van der Waals surface area (Å²) in [7, 11) is 0. The van der Waals surface area contributed by atoms with Crippen molar-refractivity contribution in [3.63, 3.8) is 0 Å². The molecule has 136 valence electrons. The van der Waals surface area contributed by atoms with Crippen LogP contribution in [0, 0.1) is 6.92 Å². The highest BCUT2D eigenvalue weighted by atomic mass is 32.2. The number of H-pyrrole nitrogens is 1. The van der Waals surface area contributed by atoms with Crippen molar-refractivity contribution < 1.29 is 9.21 Å². The minimum atomic E-state index is 0.0193. The molecule has 0 unspecified atom stereocenters. The molecule has 0 saturated carbocycles. The molecular formula is C19H27N3O2S. The van der Waals surface area contributed by atoms with Gasteiger partial charge < -0.3 is 14.3 Å². The summed E-state index contributed by atoms with van der Waals surface area (Å²) in [6.07, 6.45) is 7.99. The maximum absolute atomic E-state index is 12.7. The first-order valence-corrected chi connectivity index (χ1v) is 10.3. The van der Waals surface area contributed by atoms with E-state index in [4.69, 9.17) is 4.42 Å². The second kappa shape index (κ2) is 8.61. The van der Waals surface area contributed by atoms with Gasteiger partial charge >= 0.3 is 0 Å². The molecule has 0 aliphatic carbocycles. The monoisotopic (exact) mass is 361 g/mol. The summed E-state index contributed by atoms with van der Waals surface area (Å²) in [5, 5.41) is 0. The van der Waals surface area contributed by atoms with Gasteiger partial charge in [-0.2, -0.15) is 11.8 Å². The van der Waals surface area contributed by atoms with Crippen LogP contribution in [0.4, 0.5) is 0 Å². The van der Waals surface area contributed by atoms with E-state index in [0.717, 1.165) is 54.6 Å². The number of furan rings is 1. The Hall–Kier alpha value is -1.69. The highest BCUT2D eigenvalue weighted by Gasteiger charge is 2.27. The van der Waals surface area contributed by atoms with Crippen LogP contribution in [0.2, 0.25) is 0 Å². The van der Waals surface area contributed by atoms with E-state index in [2.05, 4.69) is 16.9 Å². The molecule has 0 bridgehead atoms. The zero-order valence-electron chi connectivity index (χ0n) is 15.1. The fraction of sp³-hybridized carbons (Fsp3) is 0.579. The van der Waals surface area contributed by atoms with Crippen LogP contribution in [-0.2, 0) is 5.75 Å². The van der Waals surface area contributed by atoms with Gasteiger partial charge in [0.2, 0.25) is 0 Å². The first-order valence-electron chi connectivity index (χ1n) is 9.14. The van der Waals surface area contributed by atoms with E-state index in [9.17, 15) is 4.79 Å². The molecule has 0 aromatic carbocycles. The molecule has 6 heteroatoms. The van der Waals surface area contributed by atoms with Crippen LogP contribution < -0.4 is 0 Å². The molecule has 2 aromatic rings. The van der Waals surface area contributed by atoms with Gasteiger partial charge in [-0.3, -0.25) is 4.79 Å². The molecule has 1 fully saturated rings. The van der Waals surface area contributed by atoms with Crippen LogP contribution in [0.25, 0.3) is 0 Å². The Morgan fingerprint density at radius 3 is 2.92 bits per heavy atom. The van der Waals surface area contributed by atoms with Crippen LogP contribution in [0.3, 0.4) is 0 Å². The zero-order chi connectivity index (χ0) is 17.6. The summed E-state index contributed by atoms with van der Waals surface area (Å²) in [6, 6.07) is 1.94. The number of piperidine rings is 1. The molecule has 3 heterocycles. The maximum atomic E-state index is 12.7. The molecule has 0 spiro atoms. The molecular weight excluding hydrogens is 334 g/mol. The topological polar surface area (TPSA) is 62.1 Å². The number of carbonyl (C=O) groups excluding carboxylic acids is 1. The zero-order valence-corrected chi connectivity index (χ0v) is 15.9. The van der Waals surface area contributed by atoms with Crippen molar-refractivity contribution in [1.29, 1.82) is 0 Å². The van der Waals surface area contributed by atoms with Gasteiger partial charge in [0.25, 0.3) is 5.91 Å². The van der Waals surface area contributed by atoms with E-state index in [1.807, 2.05) is 35.8 Å². The second-order valence-corrected chi connectivity index (χ2v) is 7.74. The molecule has 1 aliphatic heterocycles. The number of aromatic amines is 1. The van der Waals surface area contributed by atoms with Gasteiger partial charge in [-0.1, -0.05) is 13.3 Å². The van der Waals surface area contributed by atoms with Gasteiger partial charge in [0.15, 0.2) is 5.76 Å². The van der Waals surface area contributed by atoms with Gasteiger partial charge in [-0.25, -0.2) is 4.98 Å². The standard InChI is InChI=1S/C19H27N3O2S/c1-3-4-11-25-13-16-12-17(24-14(16)2)19(23)22-9-5-15(6-10-22)18-20-7-8-21-18/h7-8,12,15H,3-6,9-11,13H2,1-2H3,(H,20,21). The molecule has 3 rings (SSSR count). The minimum Gasteiger partial charge on any atom is -0.456 e. The molecule has 0 atom stereocenters.